The average Bonchev–Trinajstić information content (AvgIpc) is 2.72. The molecule has 0 radical (unpaired) electrons. The van der Waals surface area contributed by atoms with E-state index in [0.717, 1.165) is 54.8 Å². The molecule has 2 heterocycles. The number of aromatic amines is 1. The van der Waals surface area contributed by atoms with Gasteiger partial charge in [-0.15, -0.1) is 0 Å². The van der Waals surface area contributed by atoms with Gasteiger partial charge in [0.05, 0.1) is 11.1 Å². The van der Waals surface area contributed by atoms with Gasteiger partial charge >= 0.3 is 0 Å². The first-order chi connectivity index (χ1) is 11.3. The first-order valence-electron chi connectivity index (χ1n) is 8.91. The second kappa shape index (κ2) is 6.25. The van der Waals surface area contributed by atoms with Crippen LogP contribution in [0.3, 0.4) is 0 Å². The van der Waals surface area contributed by atoms with Crippen LogP contribution in [-0.2, 0) is 0 Å². The summed E-state index contributed by atoms with van der Waals surface area (Å²) in [5.41, 5.74) is 4.31. The number of rotatable bonds is 1. The van der Waals surface area contributed by atoms with Gasteiger partial charge in [-0.1, -0.05) is 12.1 Å². The Kier molecular flexibility index (Phi) is 4.43. The van der Waals surface area contributed by atoms with Gasteiger partial charge in [0, 0.05) is 42.8 Å². The maximum atomic E-state index is 13.1. The molecule has 24 heavy (non-hydrogen) atoms. The summed E-state index contributed by atoms with van der Waals surface area (Å²) in [4.78, 5) is 21.0. The number of benzene rings is 1. The van der Waals surface area contributed by atoms with Crippen molar-refractivity contribution in [3.05, 3.63) is 35.0 Å². The summed E-state index contributed by atoms with van der Waals surface area (Å²) in [6.45, 7) is 14.5. The van der Waals surface area contributed by atoms with E-state index in [-0.39, 0.29) is 11.4 Å². The molecule has 1 N–H and O–H groups in total. The fraction of sp³-hybridized carbons (Fsp3) is 0.550. The highest BCUT2D eigenvalue weighted by Crippen LogP contribution is 2.25. The van der Waals surface area contributed by atoms with Crippen LogP contribution in [0.15, 0.2) is 18.2 Å². The van der Waals surface area contributed by atoms with Gasteiger partial charge in [-0.2, -0.15) is 0 Å². The number of carbonyl (C=O) groups is 1. The summed E-state index contributed by atoms with van der Waals surface area (Å²) < 4.78 is 0. The molecule has 1 saturated heterocycles. The third-order valence-corrected chi connectivity index (χ3v) is 5.31. The van der Waals surface area contributed by atoms with Crippen molar-refractivity contribution < 1.29 is 4.79 Å². The van der Waals surface area contributed by atoms with Crippen LogP contribution < -0.4 is 0 Å². The maximum Gasteiger partial charge on any atom is 0.256 e. The molecule has 130 valence electrons. The molecule has 0 atom stereocenters. The Bertz CT molecular complexity index is 754. The number of hydrogen-bond donors (Lipinski definition) is 1. The molecule has 1 aliphatic rings. The van der Waals surface area contributed by atoms with E-state index in [1.165, 1.54) is 5.56 Å². The molecule has 0 saturated carbocycles. The van der Waals surface area contributed by atoms with Crippen LogP contribution in [0.4, 0.5) is 0 Å². The molecule has 3 rings (SSSR count). The lowest BCUT2D eigenvalue weighted by Crippen LogP contribution is -2.44. The van der Waals surface area contributed by atoms with E-state index in [0.29, 0.717) is 0 Å². The fourth-order valence-electron chi connectivity index (χ4n) is 3.62. The van der Waals surface area contributed by atoms with Gasteiger partial charge in [-0.05, 0) is 52.7 Å². The largest absolute Gasteiger partial charge is 0.358 e. The predicted octanol–water partition coefficient (Wildman–Crippen LogP) is 3.73. The van der Waals surface area contributed by atoms with E-state index < -0.39 is 0 Å². The number of aromatic nitrogens is 1. The van der Waals surface area contributed by atoms with Crippen molar-refractivity contribution in [3.8, 4) is 0 Å². The standard InChI is InChI=1S/C20H29N3O/c1-14-15(2)21-18-16(14)8-6-9-17(18)19(24)22-10-7-11-23(13-12-22)20(3,4)5/h6,8-9,21H,7,10-13H2,1-5H3. The summed E-state index contributed by atoms with van der Waals surface area (Å²) in [6.07, 6.45) is 1.03. The number of nitrogens with one attached hydrogen (secondary N) is 1. The van der Waals surface area contributed by atoms with Crippen molar-refractivity contribution >= 4 is 16.8 Å². The molecular weight excluding hydrogens is 298 g/mol. The average molecular weight is 327 g/mol. The number of para-hydroxylation sites is 1. The van der Waals surface area contributed by atoms with Crippen molar-refractivity contribution in [2.45, 2.75) is 46.6 Å². The minimum atomic E-state index is 0.151. The Balaban J connectivity index is 1.86. The van der Waals surface area contributed by atoms with Crippen LogP contribution in [0.5, 0.6) is 0 Å². The molecule has 0 bridgehead atoms. The zero-order valence-electron chi connectivity index (χ0n) is 15.6. The molecule has 4 heteroatoms. The van der Waals surface area contributed by atoms with Gasteiger partial charge < -0.3 is 9.88 Å². The SMILES string of the molecule is Cc1[nH]c2c(C(=O)N3CCCN(C(C)(C)C)CC3)cccc2c1C. The van der Waals surface area contributed by atoms with Crippen molar-refractivity contribution in [2.75, 3.05) is 26.2 Å². The Labute approximate surface area is 144 Å². The van der Waals surface area contributed by atoms with Gasteiger partial charge in [-0.25, -0.2) is 0 Å². The van der Waals surface area contributed by atoms with Gasteiger partial charge in [-0.3, -0.25) is 9.69 Å². The topological polar surface area (TPSA) is 39.3 Å². The van der Waals surface area contributed by atoms with E-state index in [9.17, 15) is 4.79 Å². The lowest BCUT2D eigenvalue weighted by atomic mass is 10.1. The third kappa shape index (κ3) is 3.07. The molecule has 1 aliphatic heterocycles. The predicted molar refractivity (Wildman–Crippen MR) is 99.6 cm³/mol. The van der Waals surface area contributed by atoms with Gasteiger partial charge in [0.15, 0.2) is 0 Å². The van der Waals surface area contributed by atoms with E-state index in [4.69, 9.17) is 0 Å². The molecular formula is C20H29N3O. The third-order valence-electron chi connectivity index (χ3n) is 5.31. The molecule has 1 fully saturated rings. The Hall–Kier alpha value is -1.81. The highest BCUT2D eigenvalue weighted by atomic mass is 16.2. The molecule has 0 unspecified atom stereocenters. The lowest BCUT2D eigenvalue weighted by molar-refractivity contribution is 0.0751. The Morgan fingerprint density at radius 1 is 1.08 bits per heavy atom. The Morgan fingerprint density at radius 3 is 2.54 bits per heavy atom. The minimum Gasteiger partial charge on any atom is -0.358 e. The highest BCUT2D eigenvalue weighted by Gasteiger charge is 2.27. The zero-order valence-corrected chi connectivity index (χ0v) is 15.6. The smallest absolute Gasteiger partial charge is 0.256 e. The van der Waals surface area contributed by atoms with Crippen LogP contribution in [-0.4, -0.2) is 52.4 Å². The number of carbonyl (C=O) groups excluding carboxylic acids is 1. The zero-order chi connectivity index (χ0) is 17.5. The van der Waals surface area contributed by atoms with Crippen LogP contribution in [0, 0.1) is 13.8 Å². The van der Waals surface area contributed by atoms with Gasteiger partial charge in [0.25, 0.3) is 5.91 Å². The number of hydrogen-bond acceptors (Lipinski definition) is 2. The lowest BCUT2D eigenvalue weighted by Gasteiger charge is -2.34. The number of aryl methyl sites for hydroxylation is 2. The quantitative estimate of drug-likeness (QED) is 0.867. The summed E-state index contributed by atoms with van der Waals surface area (Å²) >= 11 is 0. The fourth-order valence-corrected chi connectivity index (χ4v) is 3.62. The number of H-pyrrole nitrogens is 1. The van der Waals surface area contributed by atoms with Crippen LogP contribution >= 0.6 is 0 Å². The van der Waals surface area contributed by atoms with Crippen molar-refractivity contribution in [1.82, 2.24) is 14.8 Å². The molecule has 1 aromatic carbocycles. The normalized spacial score (nSPS) is 17.3. The second-order valence-corrected chi connectivity index (χ2v) is 7.91. The van der Waals surface area contributed by atoms with Crippen LogP contribution in [0.25, 0.3) is 10.9 Å². The van der Waals surface area contributed by atoms with Crippen LogP contribution in [0.2, 0.25) is 0 Å². The number of amides is 1. The molecule has 0 aliphatic carbocycles. The first kappa shape index (κ1) is 17.0. The molecule has 1 aromatic heterocycles. The maximum absolute atomic E-state index is 13.1. The summed E-state index contributed by atoms with van der Waals surface area (Å²) in [6, 6.07) is 6.04. The molecule has 0 spiro atoms. The van der Waals surface area contributed by atoms with Gasteiger partial charge in [0.1, 0.15) is 0 Å². The van der Waals surface area contributed by atoms with E-state index in [1.807, 2.05) is 17.0 Å². The monoisotopic (exact) mass is 327 g/mol. The second-order valence-electron chi connectivity index (χ2n) is 7.91. The van der Waals surface area contributed by atoms with Gasteiger partial charge in [0.2, 0.25) is 0 Å². The summed E-state index contributed by atoms with van der Waals surface area (Å²) in [5.74, 6) is 0.151. The molecule has 1 amide bonds. The molecule has 4 nitrogen and oxygen atoms in total. The molecule has 2 aromatic rings. The summed E-state index contributed by atoms with van der Waals surface area (Å²) in [5, 5.41) is 1.16. The Morgan fingerprint density at radius 2 is 1.83 bits per heavy atom. The summed E-state index contributed by atoms with van der Waals surface area (Å²) in [7, 11) is 0. The van der Waals surface area contributed by atoms with Crippen LogP contribution in [0.1, 0.15) is 48.8 Å². The number of fused-ring (bicyclic) bond motifs is 1. The van der Waals surface area contributed by atoms with E-state index in [2.05, 4.69) is 50.6 Å². The van der Waals surface area contributed by atoms with Crippen molar-refractivity contribution in [1.29, 1.82) is 0 Å². The minimum absolute atomic E-state index is 0.151. The van der Waals surface area contributed by atoms with E-state index in [1.54, 1.807) is 0 Å². The highest BCUT2D eigenvalue weighted by molar-refractivity contribution is 6.06. The van der Waals surface area contributed by atoms with Crippen molar-refractivity contribution in [2.24, 2.45) is 0 Å². The van der Waals surface area contributed by atoms with E-state index >= 15 is 0 Å². The van der Waals surface area contributed by atoms with Crippen molar-refractivity contribution in [3.63, 3.8) is 0 Å². The number of nitrogens with zero attached hydrogens (tertiary/aromatic N) is 2. The first-order valence-corrected chi connectivity index (χ1v) is 8.91.